The van der Waals surface area contributed by atoms with Gasteiger partial charge in [0.25, 0.3) is 0 Å². The zero-order valence-electron chi connectivity index (χ0n) is 10.7. The Hall–Kier alpha value is -1.09. The van der Waals surface area contributed by atoms with Crippen LogP contribution in [0.3, 0.4) is 0 Å². The highest BCUT2D eigenvalue weighted by atomic mass is 35.5. The number of carbonyl (C=O) groups excluding carboxylic acids is 1. The number of carbonyl (C=O) groups is 2. The summed E-state index contributed by atoms with van der Waals surface area (Å²) in [6, 6.07) is -0.512. The third-order valence-electron chi connectivity index (χ3n) is 3.68. The van der Waals surface area contributed by atoms with Gasteiger partial charge in [-0.15, -0.1) is 23.1 Å². The van der Waals surface area contributed by atoms with Crippen molar-refractivity contribution in [1.29, 1.82) is 0 Å². The molecule has 2 aliphatic heterocycles. The first-order valence-corrected chi connectivity index (χ1v) is 8.44. The average molecular weight is 346 g/mol. The first-order chi connectivity index (χ1) is 9.94. The minimum atomic E-state index is -1.12. The monoisotopic (exact) mass is 345 g/mol. The molecule has 2 saturated heterocycles. The number of halogens is 1. The number of nitrogens with two attached hydrogens (primary N) is 1. The summed E-state index contributed by atoms with van der Waals surface area (Å²) >= 11 is 8.64. The van der Waals surface area contributed by atoms with E-state index < -0.39 is 17.4 Å². The number of hydrogen-bond acceptors (Lipinski definition) is 6. The first-order valence-electron chi connectivity index (χ1n) is 6.14. The van der Waals surface area contributed by atoms with Gasteiger partial charge in [-0.25, -0.2) is 4.98 Å². The summed E-state index contributed by atoms with van der Waals surface area (Å²) < 4.78 is 0. The third kappa shape index (κ3) is 2.36. The van der Waals surface area contributed by atoms with Crippen LogP contribution >= 0.6 is 34.7 Å². The number of nitrogens with zero attached hydrogens (tertiary/aromatic N) is 2. The van der Waals surface area contributed by atoms with E-state index in [0.29, 0.717) is 15.8 Å². The van der Waals surface area contributed by atoms with Gasteiger partial charge >= 0.3 is 5.97 Å². The molecule has 2 aliphatic rings. The minimum Gasteiger partial charge on any atom is -0.481 e. The summed E-state index contributed by atoms with van der Waals surface area (Å²) in [4.78, 5) is 29.6. The molecule has 0 spiro atoms. The molecule has 0 radical (unpaired) electrons. The number of aromatic nitrogens is 1. The van der Waals surface area contributed by atoms with E-state index in [9.17, 15) is 14.7 Å². The van der Waals surface area contributed by atoms with Crippen LogP contribution < -0.4 is 5.73 Å². The SMILES string of the molecule is NC1C(=O)N2CC(C=Cc3scnc3Cl)(C(=O)O)CS[C@H]12. The molecule has 3 atom stereocenters. The number of hydrogen-bond donors (Lipinski definition) is 2. The number of thiazole rings is 1. The van der Waals surface area contributed by atoms with E-state index in [-0.39, 0.29) is 17.8 Å². The van der Waals surface area contributed by atoms with Crippen LogP contribution in [-0.2, 0) is 9.59 Å². The summed E-state index contributed by atoms with van der Waals surface area (Å²) in [5.41, 5.74) is 6.19. The smallest absolute Gasteiger partial charge is 0.316 e. The zero-order valence-corrected chi connectivity index (χ0v) is 13.1. The lowest BCUT2D eigenvalue weighted by atomic mass is 9.86. The zero-order chi connectivity index (χ0) is 15.2. The molecule has 0 saturated carbocycles. The second-order valence-corrected chi connectivity index (χ2v) is 7.34. The van der Waals surface area contributed by atoms with Crippen LogP contribution in [0, 0.1) is 5.41 Å². The largest absolute Gasteiger partial charge is 0.481 e. The maximum Gasteiger partial charge on any atom is 0.316 e. The average Bonchev–Trinajstić information content (AvgIpc) is 2.89. The number of fused-ring (bicyclic) bond motifs is 1. The molecule has 21 heavy (non-hydrogen) atoms. The molecule has 1 aromatic heterocycles. The van der Waals surface area contributed by atoms with Crippen molar-refractivity contribution in [3.63, 3.8) is 0 Å². The summed E-state index contributed by atoms with van der Waals surface area (Å²) in [7, 11) is 0. The quantitative estimate of drug-likeness (QED) is 0.797. The van der Waals surface area contributed by atoms with E-state index >= 15 is 0 Å². The lowest BCUT2D eigenvalue weighted by Gasteiger charge is -2.52. The van der Waals surface area contributed by atoms with Gasteiger partial charge in [0.1, 0.15) is 22.0 Å². The summed E-state index contributed by atoms with van der Waals surface area (Å²) in [6.07, 6.45) is 3.27. The van der Waals surface area contributed by atoms with Crippen molar-refractivity contribution < 1.29 is 14.7 Å². The third-order valence-corrected chi connectivity index (χ3v) is 6.45. The van der Waals surface area contributed by atoms with Gasteiger partial charge in [-0.3, -0.25) is 9.59 Å². The maximum atomic E-state index is 11.7. The van der Waals surface area contributed by atoms with Crippen LogP contribution in [0.1, 0.15) is 4.88 Å². The van der Waals surface area contributed by atoms with Gasteiger partial charge in [-0.2, -0.15) is 0 Å². The highest BCUT2D eigenvalue weighted by Crippen LogP contribution is 2.42. The summed E-state index contributed by atoms with van der Waals surface area (Å²) in [6.45, 7) is 0.138. The molecule has 3 rings (SSSR count). The number of carboxylic acids is 1. The fourth-order valence-electron chi connectivity index (χ4n) is 2.38. The molecule has 3 heterocycles. The molecule has 0 aromatic carbocycles. The Balaban J connectivity index is 1.85. The fraction of sp³-hybridized carbons (Fsp3) is 0.417. The van der Waals surface area contributed by atoms with Crippen LogP contribution in [0.2, 0.25) is 5.15 Å². The molecule has 0 aliphatic carbocycles. The van der Waals surface area contributed by atoms with Crippen LogP contribution in [0.5, 0.6) is 0 Å². The standard InChI is InChI=1S/C12H12ClN3O3S2/c13-8-6(21-5-15-8)1-2-12(11(18)19)3-16-9(17)7(14)10(16)20-4-12/h1-2,5,7,10H,3-4,14H2,(H,18,19)/t7?,10-,12?/m1/s1. The van der Waals surface area contributed by atoms with Gasteiger partial charge in [-0.1, -0.05) is 17.7 Å². The number of rotatable bonds is 3. The number of carboxylic acid groups (broad SMARTS) is 1. The number of aliphatic carboxylic acids is 1. The van der Waals surface area contributed by atoms with Gasteiger partial charge in [-0.05, 0) is 6.08 Å². The lowest BCUT2D eigenvalue weighted by Crippen LogP contribution is -2.71. The minimum absolute atomic E-state index is 0.106. The van der Waals surface area contributed by atoms with Gasteiger partial charge in [0, 0.05) is 12.3 Å². The number of thioether (sulfide) groups is 1. The van der Waals surface area contributed by atoms with E-state index in [1.54, 1.807) is 17.7 Å². The topological polar surface area (TPSA) is 96.5 Å². The second kappa shape index (κ2) is 5.28. The van der Waals surface area contributed by atoms with Gasteiger partial charge in [0.2, 0.25) is 5.91 Å². The van der Waals surface area contributed by atoms with Crippen molar-refractivity contribution in [2.45, 2.75) is 11.4 Å². The highest BCUT2D eigenvalue weighted by Gasteiger charge is 2.54. The van der Waals surface area contributed by atoms with Gasteiger partial charge in [0.15, 0.2) is 0 Å². The van der Waals surface area contributed by atoms with E-state index in [4.69, 9.17) is 17.3 Å². The second-order valence-electron chi connectivity index (χ2n) is 5.00. The predicted molar refractivity (Wildman–Crippen MR) is 82.2 cm³/mol. The molecular weight excluding hydrogens is 334 g/mol. The number of amides is 1. The molecule has 2 fully saturated rings. The number of β-lactam (4-membered cyclic amide) rings is 1. The Morgan fingerprint density at radius 1 is 1.67 bits per heavy atom. The van der Waals surface area contributed by atoms with Crippen molar-refractivity contribution in [2.24, 2.45) is 11.1 Å². The summed E-state index contributed by atoms with van der Waals surface area (Å²) in [5.74, 6) is -0.780. The van der Waals surface area contributed by atoms with Crippen molar-refractivity contribution in [3.05, 3.63) is 21.6 Å². The van der Waals surface area contributed by atoms with E-state index in [2.05, 4.69) is 4.98 Å². The van der Waals surface area contributed by atoms with E-state index in [1.165, 1.54) is 28.0 Å². The molecule has 6 nitrogen and oxygen atoms in total. The molecule has 1 amide bonds. The van der Waals surface area contributed by atoms with E-state index in [1.807, 2.05) is 0 Å². The maximum absolute atomic E-state index is 11.7. The Bertz CT molecular complexity index is 635. The normalized spacial score (nSPS) is 32.1. The Kier molecular flexibility index (Phi) is 3.73. The van der Waals surface area contributed by atoms with Crippen molar-refractivity contribution in [2.75, 3.05) is 12.3 Å². The molecule has 0 bridgehead atoms. The molecule has 1 aromatic rings. The molecular formula is C12H12ClN3O3S2. The Morgan fingerprint density at radius 3 is 3.05 bits per heavy atom. The van der Waals surface area contributed by atoms with Crippen molar-refractivity contribution in [1.82, 2.24) is 9.88 Å². The summed E-state index contributed by atoms with van der Waals surface area (Å²) in [5, 5.41) is 9.83. The van der Waals surface area contributed by atoms with Gasteiger partial charge in [0.05, 0.1) is 10.4 Å². The van der Waals surface area contributed by atoms with Crippen LogP contribution in [0.15, 0.2) is 11.6 Å². The lowest BCUT2D eigenvalue weighted by molar-refractivity contribution is -0.153. The van der Waals surface area contributed by atoms with Gasteiger partial charge < -0.3 is 15.7 Å². The van der Waals surface area contributed by atoms with Crippen molar-refractivity contribution >= 4 is 52.7 Å². The molecule has 112 valence electrons. The van der Waals surface area contributed by atoms with Crippen LogP contribution in [-0.4, -0.2) is 50.6 Å². The molecule has 9 heteroatoms. The first kappa shape index (κ1) is 14.8. The predicted octanol–water partition coefficient (Wildman–Crippen LogP) is 1.12. The molecule has 2 unspecified atom stereocenters. The Labute approximate surface area is 134 Å². The molecule has 3 N–H and O–H groups in total. The van der Waals surface area contributed by atoms with E-state index in [0.717, 1.165) is 0 Å². The van der Waals surface area contributed by atoms with Crippen molar-refractivity contribution in [3.8, 4) is 0 Å². The Morgan fingerprint density at radius 2 is 2.43 bits per heavy atom. The highest BCUT2D eigenvalue weighted by molar-refractivity contribution is 8.00. The van der Waals surface area contributed by atoms with Crippen LogP contribution in [0.4, 0.5) is 0 Å². The van der Waals surface area contributed by atoms with Crippen LogP contribution in [0.25, 0.3) is 6.08 Å². The fourth-order valence-corrected chi connectivity index (χ4v) is 4.71.